The fraction of sp³-hybridized carbons (Fsp3) is 0.400. The number of benzene rings is 1. The molecule has 2 aliphatic rings. The van der Waals surface area contributed by atoms with Gasteiger partial charge >= 0.3 is 0 Å². The van der Waals surface area contributed by atoms with Crippen molar-refractivity contribution in [3.8, 4) is 17.7 Å². The van der Waals surface area contributed by atoms with Gasteiger partial charge < -0.3 is 25.6 Å². The van der Waals surface area contributed by atoms with Crippen LogP contribution in [0, 0.1) is 11.8 Å². The Balaban J connectivity index is 1.59. The summed E-state index contributed by atoms with van der Waals surface area (Å²) in [6.07, 6.45) is 7.99. The lowest BCUT2D eigenvalue weighted by Crippen LogP contribution is -2.46. The Labute approximate surface area is 192 Å². The Morgan fingerprint density at radius 2 is 1.94 bits per heavy atom. The second-order valence-corrected chi connectivity index (χ2v) is 8.80. The molecular formula is C25H28N6O2. The number of hydrogen-bond donors (Lipinski definition) is 3. The van der Waals surface area contributed by atoms with Gasteiger partial charge in [-0.25, -0.2) is 4.98 Å². The highest BCUT2D eigenvalue weighted by Gasteiger charge is 2.27. The average Bonchev–Trinajstić information content (AvgIpc) is 3.22. The van der Waals surface area contributed by atoms with Crippen molar-refractivity contribution < 1.29 is 9.90 Å². The first kappa shape index (κ1) is 21.4. The number of piperazine rings is 1. The zero-order valence-corrected chi connectivity index (χ0v) is 18.5. The third kappa shape index (κ3) is 4.42. The second kappa shape index (κ2) is 8.85. The molecule has 0 bridgehead atoms. The number of nitrogens with one attached hydrogen (secondary N) is 1. The number of rotatable bonds is 2. The van der Waals surface area contributed by atoms with Gasteiger partial charge in [-0.2, -0.15) is 4.98 Å². The van der Waals surface area contributed by atoms with Gasteiger partial charge in [0, 0.05) is 49.5 Å². The molecule has 170 valence electrons. The molecule has 5 rings (SSSR count). The van der Waals surface area contributed by atoms with Crippen LogP contribution < -0.4 is 11.1 Å². The van der Waals surface area contributed by atoms with Crippen molar-refractivity contribution in [2.24, 2.45) is 0 Å². The van der Waals surface area contributed by atoms with Gasteiger partial charge in [0.05, 0.1) is 11.1 Å². The van der Waals surface area contributed by atoms with E-state index in [9.17, 15) is 9.90 Å². The van der Waals surface area contributed by atoms with E-state index >= 15 is 0 Å². The fourth-order valence-electron chi connectivity index (χ4n) is 4.65. The van der Waals surface area contributed by atoms with Gasteiger partial charge in [0.1, 0.15) is 11.4 Å². The lowest BCUT2D eigenvalue weighted by atomic mass is 9.85. The molecule has 1 aliphatic carbocycles. The van der Waals surface area contributed by atoms with Crippen LogP contribution in [0.5, 0.6) is 0 Å². The number of aromatic nitrogens is 3. The molecule has 2 fully saturated rings. The third-order valence-corrected chi connectivity index (χ3v) is 6.47. The minimum absolute atomic E-state index is 0.00220. The largest absolute Gasteiger partial charge is 0.378 e. The highest BCUT2D eigenvalue weighted by molar-refractivity contribution is 6.07. The highest BCUT2D eigenvalue weighted by Crippen LogP contribution is 2.29. The lowest BCUT2D eigenvalue weighted by Gasteiger charge is -2.27. The molecular weight excluding hydrogens is 416 g/mol. The summed E-state index contributed by atoms with van der Waals surface area (Å²) < 4.78 is 1.86. The van der Waals surface area contributed by atoms with E-state index in [0.29, 0.717) is 37.3 Å². The molecule has 3 aromatic rings. The first-order chi connectivity index (χ1) is 16.0. The Kier molecular flexibility index (Phi) is 5.75. The number of nitrogen functional groups attached to an aromatic ring is 1. The van der Waals surface area contributed by atoms with Crippen molar-refractivity contribution in [2.45, 2.75) is 37.7 Å². The summed E-state index contributed by atoms with van der Waals surface area (Å²) in [5, 5.41) is 14.9. The minimum atomic E-state index is -0.917. The summed E-state index contributed by atoms with van der Waals surface area (Å²) in [6.45, 7) is 2.92. The zero-order valence-electron chi connectivity index (χ0n) is 18.5. The highest BCUT2D eigenvalue weighted by atomic mass is 16.3. The maximum Gasteiger partial charge on any atom is 0.256 e. The van der Waals surface area contributed by atoms with E-state index in [1.54, 1.807) is 12.3 Å². The molecule has 0 radical (unpaired) electrons. The van der Waals surface area contributed by atoms with Crippen molar-refractivity contribution in [2.75, 3.05) is 31.9 Å². The summed E-state index contributed by atoms with van der Waals surface area (Å²) in [6, 6.07) is 7.55. The number of carbonyl (C=O) groups excluding carboxylic acids is 1. The van der Waals surface area contributed by atoms with E-state index in [0.717, 1.165) is 48.8 Å². The van der Waals surface area contributed by atoms with E-state index in [2.05, 4.69) is 27.1 Å². The van der Waals surface area contributed by atoms with Crippen LogP contribution >= 0.6 is 0 Å². The van der Waals surface area contributed by atoms with Gasteiger partial charge in [-0.15, -0.1) is 0 Å². The molecule has 0 unspecified atom stereocenters. The predicted molar refractivity (Wildman–Crippen MR) is 127 cm³/mol. The van der Waals surface area contributed by atoms with Crippen molar-refractivity contribution in [3.05, 3.63) is 47.8 Å². The third-order valence-electron chi connectivity index (χ3n) is 6.47. The molecule has 1 saturated carbocycles. The monoisotopic (exact) mass is 444 g/mol. The Bertz CT molecular complexity index is 1240. The number of nitrogens with zero attached hydrogens (tertiary/aromatic N) is 4. The maximum atomic E-state index is 13.4. The Morgan fingerprint density at radius 1 is 1.15 bits per heavy atom. The smallest absolute Gasteiger partial charge is 0.256 e. The van der Waals surface area contributed by atoms with Gasteiger partial charge in [-0.1, -0.05) is 24.3 Å². The number of fused-ring (bicyclic) bond motifs is 1. The molecule has 8 heteroatoms. The normalized spacial score (nSPS) is 18.0. The molecule has 0 spiro atoms. The number of hydrogen-bond acceptors (Lipinski definition) is 6. The maximum absolute atomic E-state index is 13.4. The second-order valence-electron chi connectivity index (χ2n) is 8.80. The van der Waals surface area contributed by atoms with Crippen LogP contribution in [0.25, 0.3) is 16.7 Å². The zero-order chi connectivity index (χ0) is 22.8. The van der Waals surface area contributed by atoms with Gasteiger partial charge in [0.25, 0.3) is 5.91 Å². The van der Waals surface area contributed by atoms with Crippen molar-refractivity contribution in [1.82, 2.24) is 24.8 Å². The molecule has 1 amide bonds. The summed E-state index contributed by atoms with van der Waals surface area (Å²) in [7, 11) is 0. The molecule has 2 aromatic heterocycles. The van der Waals surface area contributed by atoms with Crippen LogP contribution in [-0.4, -0.2) is 62.2 Å². The van der Waals surface area contributed by atoms with Crippen LogP contribution in [0.15, 0.2) is 36.7 Å². The summed E-state index contributed by atoms with van der Waals surface area (Å²) >= 11 is 0. The summed E-state index contributed by atoms with van der Waals surface area (Å²) in [4.78, 5) is 23.6. The van der Waals surface area contributed by atoms with E-state index in [1.165, 1.54) is 0 Å². The fourth-order valence-corrected chi connectivity index (χ4v) is 4.65. The van der Waals surface area contributed by atoms with Gasteiger partial charge in [0.2, 0.25) is 5.95 Å². The topological polar surface area (TPSA) is 109 Å². The predicted octanol–water partition coefficient (Wildman–Crippen LogP) is 2.09. The van der Waals surface area contributed by atoms with Crippen LogP contribution in [0.4, 0.5) is 5.95 Å². The molecule has 4 N–H and O–H groups in total. The van der Waals surface area contributed by atoms with Crippen molar-refractivity contribution >= 4 is 22.8 Å². The van der Waals surface area contributed by atoms with Crippen LogP contribution in [0.2, 0.25) is 0 Å². The summed E-state index contributed by atoms with van der Waals surface area (Å²) in [5.74, 6) is 7.01. The van der Waals surface area contributed by atoms with Crippen LogP contribution in [0.3, 0.4) is 0 Å². The number of carbonyl (C=O) groups is 1. The first-order valence-electron chi connectivity index (χ1n) is 11.5. The number of amides is 1. The molecule has 1 saturated heterocycles. The Hall–Kier alpha value is -3.41. The van der Waals surface area contributed by atoms with Gasteiger partial charge in [-0.3, -0.25) is 4.79 Å². The lowest BCUT2D eigenvalue weighted by molar-refractivity contribution is 0.0610. The minimum Gasteiger partial charge on any atom is -0.378 e. The molecule has 1 aromatic carbocycles. The van der Waals surface area contributed by atoms with E-state index in [-0.39, 0.29) is 11.9 Å². The molecule has 1 aliphatic heterocycles. The number of nitrogens with two attached hydrogens (primary N) is 1. The van der Waals surface area contributed by atoms with Crippen molar-refractivity contribution in [3.63, 3.8) is 0 Å². The van der Waals surface area contributed by atoms with Crippen molar-refractivity contribution in [1.29, 1.82) is 0 Å². The van der Waals surface area contributed by atoms with Crippen LogP contribution in [0.1, 0.15) is 48.0 Å². The van der Waals surface area contributed by atoms with E-state index in [1.807, 2.05) is 33.9 Å². The number of anilines is 1. The standard InChI is InChI=1S/C25H28N6O2/c26-24-28-11-7-22(29-24)31-17-20(23(32)30-14-12-27-13-15-30)19-5-4-18(16-21(19)31)6-10-25(33)8-2-1-3-9-25/h4-5,7,11,16-17,27,33H,1-3,8-9,12-15H2,(H2,26,28,29). The summed E-state index contributed by atoms with van der Waals surface area (Å²) in [5.41, 5.74) is 7.13. The molecule has 33 heavy (non-hydrogen) atoms. The molecule has 0 atom stereocenters. The quantitative estimate of drug-likeness (QED) is 0.522. The van der Waals surface area contributed by atoms with E-state index in [4.69, 9.17) is 5.73 Å². The SMILES string of the molecule is Nc1nccc(-n2cc(C(=O)N3CCNCC3)c3ccc(C#CC4(O)CCCCC4)cc32)n1. The van der Waals surface area contributed by atoms with Gasteiger partial charge in [0.15, 0.2) is 0 Å². The first-order valence-corrected chi connectivity index (χ1v) is 11.5. The number of aliphatic hydroxyl groups is 1. The van der Waals surface area contributed by atoms with E-state index < -0.39 is 5.60 Å². The molecule has 8 nitrogen and oxygen atoms in total. The van der Waals surface area contributed by atoms with Crippen LogP contribution in [-0.2, 0) is 0 Å². The molecule has 3 heterocycles. The average molecular weight is 445 g/mol. The Morgan fingerprint density at radius 3 is 2.70 bits per heavy atom. The van der Waals surface area contributed by atoms with Gasteiger partial charge in [-0.05, 0) is 43.9 Å².